The first-order chi connectivity index (χ1) is 12.1. The second-order valence-corrected chi connectivity index (χ2v) is 6.14. The SMILES string of the molecule is COc1ccc(-c2nnc(SCc3cccc([N+](=O)[O-])c3C)o2)cc1. The summed E-state index contributed by atoms with van der Waals surface area (Å²) in [5.74, 6) is 1.68. The maximum atomic E-state index is 11.0. The van der Waals surface area contributed by atoms with Gasteiger partial charge in [-0.2, -0.15) is 0 Å². The zero-order valence-corrected chi connectivity index (χ0v) is 14.4. The highest BCUT2D eigenvalue weighted by Gasteiger charge is 2.15. The number of hydrogen-bond donors (Lipinski definition) is 0. The number of benzene rings is 2. The average Bonchev–Trinajstić information content (AvgIpc) is 3.09. The molecule has 0 aliphatic rings. The van der Waals surface area contributed by atoms with E-state index in [2.05, 4.69) is 10.2 Å². The molecular formula is C17H15N3O4S. The molecule has 0 unspecified atom stereocenters. The van der Waals surface area contributed by atoms with Gasteiger partial charge in [0, 0.05) is 22.9 Å². The monoisotopic (exact) mass is 357 g/mol. The Hall–Kier alpha value is -2.87. The van der Waals surface area contributed by atoms with Gasteiger partial charge in [-0.05, 0) is 36.8 Å². The highest BCUT2D eigenvalue weighted by Crippen LogP contribution is 2.29. The molecule has 2 aromatic carbocycles. The molecule has 1 heterocycles. The molecule has 0 N–H and O–H groups in total. The summed E-state index contributed by atoms with van der Waals surface area (Å²) in [5, 5.41) is 19.5. The molecule has 0 fully saturated rings. The largest absolute Gasteiger partial charge is 0.497 e. The number of nitrogens with zero attached hydrogens (tertiary/aromatic N) is 3. The van der Waals surface area contributed by atoms with Crippen LogP contribution in [0.5, 0.6) is 5.75 Å². The number of rotatable bonds is 6. The van der Waals surface area contributed by atoms with Crippen LogP contribution in [0.1, 0.15) is 11.1 Å². The summed E-state index contributed by atoms with van der Waals surface area (Å²) in [6.45, 7) is 1.74. The third-order valence-electron chi connectivity index (χ3n) is 3.71. The van der Waals surface area contributed by atoms with E-state index in [9.17, 15) is 10.1 Å². The second kappa shape index (κ2) is 7.35. The van der Waals surface area contributed by atoms with Crippen molar-refractivity contribution < 1.29 is 14.1 Å². The second-order valence-electron chi connectivity index (χ2n) is 5.21. The molecule has 1 aromatic heterocycles. The van der Waals surface area contributed by atoms with Crippen molar-refractivity contribution in [1.82, 2.24) is 10.2 Å². The Balaban J connectivity index is 1.72. The normalized spacial score (nSPS) is 10.6. The van der Waals surface area contributed by atoms with E-state index in [0.29, 0.717) is 22.4 Å². The van der Waals surface area contributed by atoms with Crippen molar-refractivity contribution in [2.24, 2.45) is 0 Å². The van der Waals surface area contributed by atoms with Gasteiger partial charge in [0.05, 0.1) is 12.0 Å². The third-order valence-corrected chi connectivity index (χ3v) is 4.58. The first-order valence-corrected chi connectivity index (χ1v) is 8.40. The van der Waals surface area contributed by atoms with Crippen molar-refractivity contribution >= 4 is 17.4 Å². The maximum absolute atomic E-state index is 11.0. The minimum atomic E-state index is -0.377. The zero-order valence-electron chi connectivity index (χ0n) is 13.6. The van der Waals surface area contributed by atoms with Crippen LogP contribution in [0.4, 0.5) is 5.69 Å². The highest BCUT2D eigenvalue weighted by atomic mass is 32.2. The van der Waals surface area contributed by atoms with Gasteiger partial charge < -0.3 is 9.15 Å². The van der Waals surface area contributed by atoms with E-state index in [4.69, 9.17) is 9.15 Å². The van der Waals surface area contributed by atoms with Crippen LogP contribution >= 0.6 is 11.8 Å². The van der Waals surface area contributed by atoms with Gasteiger partial charge in [0.15, 0.2) is 0 Å². The zero-order chi connectivity index (χ0) is 17.8. The van der Waals surface area contributed by atoms with E-state index >= 15 is 0 Å². The average molecular weight is 357 g/mol. The number of nitro groups is 1. The smallest absolute Gasteiger partial charge is 0.277 e. The quantitative estimate of drug-likeness (QED) is 0.370. The Morgan fingerprint density at radius 2 is 1.96 bits per heavy atom. The fourth-order valence-corrected chi connectivity index (χ4v) is 3.11. The predicted octanol–water partition coefficient (Wildman–Crippen LogP) is 4.25. The van der Waals surface area contributed by atoms with E-state index in [0.717, 1.165) is 16.9 Å². The minimum absolute atomic E-state index is 0.113. The van der Waals surface area contributed by atoms with Gasteiger partial charge in [0.25, 0.3) is 10.9 Å². The molecule has 0 aliphatic heterocycles. The van der Waals surface area contributed by atoms with Crippen LogP contribution in [0.25, 0.3) is 11.5 Å². The number of nitro benzene ring substituents is 1. The maximum Gasteiger partial charge on any atom is 0.277 e. The molecule has 0 bridgehead atoms. The van der Waals surface area contributed by atoms with Gasteiger partial charge in [-0.25, -0.2) is 0 Å². The summed E-state index contributed by atoms with van der Waals surface area (Å²) in [6, 6.07) is 12.3. The van der Waals surface area contributed by atoms with Gasteiger partial charge in [-0.3, -0.25) is 10.1 Å². The molecular weight excluding hydrogens is 342 g/mol. The molecule has 0 amide bonds. The van der Waals surface area contributed by atoms with Crippen molar-refractivity contribution in [3.8, 4) is 17.2 Å². The van der Waals surface area contributed by atoms with Gasteiger partial charge in [-0.1, -0.05) is 23.9 Å². The molecule has 0 atom stereocenters. The molecule has 128 valence electrons. The number of methoxy groups -OCH3 is 1. The lowest BCUT2D eigenvalue weighted by Gasteiger charge is -2.04. The molecule has 0 saturated carbocycles. The van der Waals surface area contributed by atoms with E-state index in [1.165, 1.54) is 17.8 Å². The lowest BCUT2D eigenvalue weighted by molar-refractivity contribution is -0.385. The summed E-state index contributed by atoms with van der Waals surface area (Å²) < 4.78 is 10.8. The van der Waals surface area contributed by atoms with Crippen LogP contribution in [0, 0.1) is 17.0 Å². The number of thioether (sulfide) groups is 1. The van der Waals surface area contributed by atoms with Gasteiger partial charge in [0.2, 0.25) is 5.89 Å². The van der Waals surface area contributed by atoms with E-state index < -0.39 is 0 Å². The molecule has 8 heteroatoms. The summed E-state index contributed by atoms with van der Waals surface area (Å²) in [6.07, 6.45) is 0. The van der Waals surface area contributed by atoms with Crippen molar-refractivity contribution in [1.29, 1.82) is 0 Å². The van der Waals surface area contributed by atoms with E-state index in [-0.39, 0.29) is 10.6 Å². The summed E-state index contributed by atoms with van der Waals surface area (Å²) in [4.78, 5) is 10.6. The first kappa shape index (κ1) is 17.0. The Kier molecular flexibility index (Phi) is 4.99. The van der Waals surface area contributed by atoms with Crippen molar-refractivity contribution in [2.75, 3.05) is 7.11 Å². The Morgan fingerprint density at radius 1 is 1.20 bits per heavy atom. The van der Waals surface area contributed by atoms with E-state index in [1.807, 2.05) is 30.3 Å². The molecule has 25 heavy (non-hydrogen) atoms. The molecule has 0 spiro atoms. The van der Waals surface area contributed by atoms with Crippen LogP contribution in [-0.4, -0.2) is 22.2 Å². The van der Waals surface area contributed by atoms with Gasteiger partial charge >= 0.3 is 0 Å². The lowest BCUT2D eigenvalue weighted by Crippen LogP contribution is -1.95. The van der Waals surface area contributed by atoms with Crippen LogP contribution < -0.4 is 4.74 Å². The fraction of sp³-hybridized carbons (Fsp3) is 0.176. The highest BCUT2D eigenvalue weighted by molar-refractivity contribution is 7.98. The molecule has 0 aliphatic carbocycles. The van der Waals surface area contributed by atoms with Crippen LogP contribution in [0.3, 0.4) is 0 Å². The Morgan fingerprint density at radius 3 is 2.64 bits per heavy atom. The van der Waals surface area contributed by atoms with Gasteiger partial charge in [-0.15, -0.1) is 10.2 Å². The molecule has 7 nitrogen and oxygen atoms in total. The topological polar surface area (TPSA) is 91.3 Å². The number of hydrogen-bond acceptors (Lipinski definition) is 7. The van der Waals surface area contributed by atoms with Crippen LogP contribution in [0.15, 0.2) is 52.1 Å². The van der Waals surface area contributed by atoms with Crippen molar-refractivity contribution in [3.05, 3.63) is 63.7 Å². The predicted molar refractivity (Wildman–Crippen MR) is 93.7 cm³/mol. The van der Waals surface area contributed by atoms with Crippen molar-refractivity contribution in [3.63, 3.8) is 0 Å². The van der Waals surface area contributed by atoms with Gasteiger partial charge in [0.1, 0.15) is 5.75 Å². The summed E-state index contributed by atoms with van der Waals surface area (Å²) in [7, 11) is 1.60. The summed E-state index contributed by atoms with van der Waals surface area (Å²) in [5.41, 5.74) is 2.42. The Bertz CT molecular complexity index is 893. The molecule has 0 radical (unpaired) electrons. The molecule has 3 rings (SSSR count). The van der Waals surface area contributed by atoms with Crippen LogP contribution in [-0.2, 0) is 5.75 Å². The molecule has 0 saturated heterocycles. The first-order valence-electron chi connectivity index (χ1n) is 7.42. The van der Waals surface area contributed by atoms with Crippen LogP contribution in [0.2, 0.25) is 0 Å². The lowest BCUT2D eigenvalue weighted by atomic mass is 10.1. The molecule has 3 aromatic rings. The Labute approximate surface area is 148 Å². The third kappa shape index (κ3) is 3.80. The minimum Gasteiger partial charge on any atom is -0.497 e. The number of ether oxygens (including phenoxy) is 1. The standard InChI is InChI=1S/C17H15N3O4S/c1-11-13(4-3-5-15(11)20(21)22)10-25-17-19-18-16(24-17)12-6-8-14(23-2)9-7-12/h3-9H,10H2,1-2H3. The fourth-order valence-electron chi connectivity index (χ4n) is 2.28. The van der Waals surface area contributed by atoms with Crippen molar-refractivity contribution in [2.45, 2.75) is 17.9 Å². The number of aromatic nitrogens is 2. The summed E-state index contributed by atoms with van der Waals surface area (Å²) >= 11 is 1.34. The van der Waals surface area contributed by atoms with E-state index in [1.54, 1.807) is 20.1 Å².